The summed E-state index contributed by atoms with van der Waals surface area (Å²) in [5.41, 5.74) is 5.25. The molecule has 24 heavy (non-hydrogen) atoms. The number of imidazole rings is 1. The fraction of sp³-hybridized carbons (Fsp3) is 0.111. The van der Waals surface area contributed by atoms with Crippen molar-refractivity contribution in [2.24, 2.45) is 0 Å². The summed E-state index contributed by atoms with van der Waals surface area (Å²) in [5, 5.41) is 0. The lowest BCUT2D eigenvalue weighted by atomic mass is 10.2. The number of hydrogen-bond acceptors (Lipinski definition) is 4. The molecule has 6 heteroatoms. The summed E-state index contributed by atoms with van der Waals surface area (Å²) < 4.78 is 12.0. The van der Waals surface area contributed by atoms with Crippen LogP contribution in [0.2, 0.25) is 0 Å². The van der Waals surface area contributed by atoms with Gasteiger partial charge >= 0.3 is 0 Å². The number of benzene rings is 2. The molecule has 0 bridgehead atoms. The van der Waals surface area contributed by atoms with E-state index >= 15 is 0 Å². The van der Waals surface area contributed by atoms with Gasteiger partial charge in [-0.05, 0) is 35.9 Å². The van der Waals surface area contributed by atoms with Crippen molar-refractivity contribution < 1.29 is 14.3 Å². The Hall–Kier alpha value is -3.28. The van der Waals surface area contributed by atoms with Gasteiger partial charge in [-0.2, -0.15) is 0 Å². The molecule has 0 aliphatic carbocycles. The van der Waals surface area contributed by atoms with E-state index in [1.54, 1.807) is 43.4 Å². The quantitative estimate of drug-likeness (QED) is 0.733. The second-order valence-corrected chi connectivity index (χ2v) is 5.03. The lowest BCUT2D eigenvalue weighted by Gasteiger charge is -2.07. The Labute approximate surface area is 139 Å². The van der Waals surface area contributed by atoms with Gasteiger partial charge in [0.05, 0.1) is 25.3 Å². The van der Waals surface area contributed by atoms with Crippen LogP contribution in [0.25, 0.3) is 17.1 Å². The topological polar surface area (TPSA) is 65.4 Å². The Bertz CT molecular complexity index is 899. The molecule has 0 radical (unpaired) electrons. The zero-order valence-corrected chi connectivity index (χ0v) is 13.4. The zero-order valence-electron chi connectivity index (χ0n) is 13.4. The van der Waals surface area contributed by atoms with Gasteiger partial charge in [0.25, 0.3) is 5.91 Å². The van der Waals surface area contributed by atoms with Crippen molar-refractivity contribution in [3.05, 3.63) is 60.4 Å². The van der Waals surface area contributed by atoms with E-state index in [4.69, 9.17) is 9.47 Å². The van der Waals surface area contributed by atoms with Crippen LogP contribution in [-0.4, -0.2) is 29.8 Å². The van der Waals surface area contributed by atoms with Gasteiger partial charge in [-0.3, -0.25) is 10.2 Å². The summed E-state index contributed by atoms with van der Waals surface area (Å²) >= 11 is 0. The van der Waals surface area contributed by atoms with Crippen LogP contribution in [0.4, 0.5) is 0 Å². The van der Waals surface area contributed by atoms with Crippen molar-refractivity contribution in [1.82, 2.24) is 9.66 Å². The molecule has 0 unspecified atom stereocenters. The molecule has 1 N–H and O–H groups in total. The average Bonchev–Trinajstić information content (AvgIpc) is 3.02. The van der Waals surface area contributed by atoms with Crippen molar-refractivity contribution in [3.63, 3.8) is 0 Å². The fourth-order valence-electron chi connectivity index (χ4n) is 2.33. The van der Waals surface area contributed by atoms with E-state index in [0.717, 1.165) is 16.6 Å². The highest BCUT2D eigenvalue weighted by Gasteiger charge is 2.05. The lowest BCUT2D eigenvalue weighted by Crippen LogP contribution is -2.19. The molecule has 0 saturated carbocycles. The van der Waals surface area contributed by atoms with E-state index in [-0.39, 0.29) is 5.91 Å². The molecule has 0 saturated heterocycles. The van der Waals surface area contributed by atoms with Crippen LogP contribution in [0.1, 0.15) is 5.56 Å². The molecule has 1 amide bonds. The Balaban J connectivity index is 1.73. The van der Waals surface area contributed by atoms with E-state index in [0.29, 0.717) is 11.5 Å². The predicted molar refractivity (Wildman–Crippen MR) is 92.7 cm³/mol. The number of hydrogen-bond donors (Lipinski definition) is 1. The largest absolute Gasteiger partial charge is 0.493 e. The summed E-state index contributed by atoms with van der Waals surface area (Å²) in [5.74, 6) is 0.998. The predicted octanol–water partition coefficient (Wildman–Crippen LogP) is 2.84. The molecular formula is C18H17N3O3. The first-order valence-corrected chi connectivity index (χ1v) is 7.34. The summed E-state index contributed by atoms with van der Waals surface area (Å²) in [6, 6.07) is 13.0. The van der Waals surface area contributed by atoms with Crippen molar-refractivity contribution in [3.8, 4) is 11.5 Å². The summed E-state index contributed by atoms with van der Waals surface area (Å²) in [7, 11) is 3.15. The van der Waals surface area contributed by atoms with Crippen LogP contribution in [0.5, 0.6) is 11.5 Å². The van der Waals surface area contributed by atoms with E-state index in [9.17, 15) is 4.79 Å². The molecule has 3 aromatic rings. The number of para-hydroxylation sites is 2. The minimum Gasteiger partial charge on any atom is -0.493 e. The smallest absolute Gasteiger partial charge is 0.262 e. The van der Waals surface area contributed by atoms with Crippen molar-refractivity contribution in [1.29, 1.82) is 0 Å². The van der Waals surface area contributed by atoms with Gasteiger partial charge in [-0.1, -0.05) is 18.2 Å². The number of methoxy groups -OCH3 is 2. The van der Waals surface area contributed by atoms with Gasteiger partial charge in [0.2, 0.25) is 0 Å². The first-order chi connectivity index (χ1) is 11.7. The monoisotopic (exact) mass is 323 g/mol. The average molecular weight is 323 g/mol. The molecular weight excluding hydrogens is 306 g/mol. The van der Waals surface area contributed by atoms with Crippen molar-refractivity contribution in [2.75, 3.05) is 19.6 Å². The second kappa shape index (κ2) is 6.87. The number of nitrogens with one attached hydrogen (secondary N) is 1. The minimum atomic E-state index is -0.257. The van der Waals surface area contributed by atoms with Crippen LogP contribution in [0.15, 0.2) is 54.9 Å². The van der Waals surface area contributed by atoms with Gasteiger partial charge in [-0.15, -0.1) is 0 Å². The second-order valence-electron chi connectivity index (χ2n) is 5.03. The molecule has 0 aliphatic heterocycles. The molecule has 0 aliphatic rings. The first-order valence-electron chi connectivity index (χ1n) is 7.34. The van der Waals surface area contributed by atoms with Crippen molar-refractivity contribution >= 4 is 23.0 Å². The molecule has 0 fully saturated rings. The highest BCUT2D eigenvalue weighted by Crippen LogP contribution is 2.27. The molecule has 6 nitrogen and oxygen atoms in total. The maximum atomic E-state index is 12.1. The molecule has 3 rings (SSSR count). The standard InChI is InChI=1S/C18H17N3O3/c1-23-16-9-7-13(11-17(16)24-2)8-10-18(22)20-21-12-19-14-5-3-4-6-15(14)21/h3-12H,1-2H3,(H,20,22)/b10-8+. The number of ether oxygens (including phenoxy) is 2. The molecule has 1 heterocycles. The van der Waals surface area contributed by atoms with E-state index in [2.05, 4.69) is 10.4 Å². The van der Waals surface area contributed by atoms with Crippen LogP contribution in [0, 0.1) is 0 Å². The number of rotatable bonds is 5. The van der Waals surface area contributed by atoms with Crippen LogP contribution in [0.3, 0.4) is 0 Å². The van der Waals surface area contributed by atoms with Crippen LogP contribution in [-0.2, 0) is 4.79 Å². The number of nitrogens with zero attached hydrogens (tertiary/aromatic N) is 2. The molecule has 122 valence electrons. The highest BCUT2D eigenvalue weighted by molar-refractivity contribution is 5.98. The summed E-state index contributed by atoms with van der Waals surface area (Å²) in [4.78, 5) is 16.3. The Morgan fingerprint density at radius 1 is 1.12 bits per heavy atom. The maximum absolute atomic E-state index is 12.1. The van der Waals surface area contributed by atoms with Gasteiger partial charge in [0, 0.05) is 6.08 Å². The highest BCUT2D eigenvalue weighted by atomic mass is 16.5. The third-order valence-electron chi connectivity index (χ3n) is 3.52. The van der Waals surface area contributed by atoms with Gasteiger partial charge in [0.1, 0.15) is 6.33 Å². The summed E-state index contributed by atoms with van der Waals surface area (Å²) in [6.45, 7) is 0. The van der Waals surface area contributed by atoms with Gasteiger partial charge in [0.15, 0.2) is 11.5 Å². The normalized spacial score (nSPS) is 10.9. The van der Waals surface area contributed by atoms with E-state index in [1.807, 2.05) is 30.3 Å². The number of fused-ring (bicyclic) bond motifs is 1. The molecule has 0 atom stereocenters. The minimum absolute atomic E-state index is 0.257. The molecule has 0 spiro atoms. The van der Waals surface area contributed by atoms with Crippen LogP contribution < -0.4 is 14.9 Å². The first kappa shape index (κ1) is 15.6. The maximum Gasteiger partial charge on any atom is 0.262 e. The fourth-order valence-corrected chi connectivity index (χ4v) is 2.33. The zero-order chi connectivity index (χ0) is 16.9. The molecule has 2 aromatic carbocycles. The van der Waals surface area contributed by atoms with E-state index < -0.39 is 0 Å². The number of carbonyl (C=O) groups excluding carboxylic acids is 1. The van der Waals surface area contributed by atoms with Crippen LogP contribution >= 0.6 is 0 Å². The molecule has 1 aromatic heterocycles. The Kier molecular flexibility index (Phi) is 4.47. The third-order valence-corrected chi connectivity index (χ3v) is 3.52. The van der Waals surface area contributed by atoms with E-state index in [1.165, 1.54) is 6.08 Å². The number of aromatic nitrogens is 2. The van der Waals surface area contributed by atoms with Gasteiger partial charge in [-0.25, -0.2) is 9.66 Å². The summed E-state index contributed by atoms with van der Waals surface area (Å²) in [6.07, 6.45) is 4.74. The third kappa shape index (κ3) is 3.22. The number of amides is 1. The van der Waals surface area contributed by atoms with Crippen molar-refractivity contribution in [2.45, 2.75) is 0 Å². The Morgan fingerprint density at radius 3 is 2.71 bits per heavy atom. The number of carbonyl (C=O) groups is 1. The Morgan fingerprint density at radius 2 is 1.92 bits per heavy atom. The lowest BCUT2D eigenvalue weighted by molar-refractivity contribution is -0.112. The van der Waals surface area contributed by atoms with Gasteiger partial charge < -0.3 is 9.47 Å². The SMILES string of the molecule is COc1ccc(/C=C/C(=O)Nn2cnc3ccccc32)cc1OC.